The number of carbonyl (C=O) groups excluding carboxylic acids is 1. The van der Waals surface area contributed by atoms with Gasteiger partial charge < -0.3 is 20.5 Å². The highest BCUT2D eigenvalue weighted by atomic mass is 35.5. The van der Waals surface area contributed by atoms with Crippen molar-refractivity contribution in [2.45, 2.75) is 19.6 Å². The van der Waals surface area contributed by atoms with Crippen molar-refractivity contribution in [3.05, 3.63) is 47.1 Å². The van der Waals surface area contributed by atoms with Crippen LogP contribution in [-0.2, 0) is 20.9 Å². The van der Waals surface area contributed by atoms with E-state index in [0.717, 1.165) is 71.3 Å². The van der Waals surface area contributed by atoms with Crippen molar-refractivity contribution in [3.63, 3.8) is 0 Å². The number of anilines is 3. The number of hydrogen-bond acceptors (Lipinski definition) is 9. The van der Waals surface area contributed by atoms with Crippen LogP contribution in [0.5, 0.6) is 0 Å². The second kappa shape index (κ2) is 12.6. The molecule has 5 rings (SSSR count). The lowest BCUT2D eigenvalue weighted by Crippen LogP contribution is -2.35. The molecule has 4 N–H and O–H groups in total. The molecule has 40 heavy (non-hydrogen) atoms. The number of carboxylic acids is 1. The van der Waals surface area contributed by atoms with Gasteiger partial charge in [-0.3, -0.25) is 14.8 Å². The third-order valence-corrected chi connectivity index (χ3v) is 6.83. The fourth-order valence-electron chi connectivity index (χ4n) is 3.78. The van der Waals surface area contributed by atoms with Gasteiger partial charge in [-0.1, -0.05) is 22.9 Å². The number of H-pyrrole nitrogens is 1. The lowest BCUT2D eigenvalue weighted by molar-refractivity contribution is -0.192. The molecule has 0 atom stereocenters. The van der Waals surface area contributed by atoms with Crippen LogP contribution >= 0.6 is 22.9 Å². The number of nitrogens with zero attached hydrogens (tertiary/aromatic N) is 4. The van der Waals surface area contributed by atoms with E-state index >= 15 is 0 Å². The van der Waals surface area contributed by atoms with Gasteiger partial charge in [-0.2, -0.15) is 18.3 Å². The molecule has 1 fully saturated rings. The van der Waals surface area contributed by atoms with Crippen LogP contribution in [-0.4, -0.2) is 74.8 Å². The molecule has 1 amide bonds. The Hall–Kier alpha value is -3.79. The number of alkyl halides is 3. The molecule has 16 heteroatoms. The number of nitrogens with one attached hydrogen (secondary N) is 3. The van der Waals surface area contributed by atoms with Crippen molar-refractivity contribution < 1.29 is 32.6 Å². The van der Waals surface area contributed by atoms with Gasteiger partial charge in [0, 0.05) is 43.2 Å². The Morgan fingerprint density at radius 1 is 1.20 bits per heavy atom. The SMILES string of the molecule is CC(=O)Nc1cc(CN2CCOCC2)cc(-c2nnc(Nc3ccc4[nH]ncc4c3Cl)s2)c1.O=C(O)C(F)(F)F. The molecule has 0 unspecified atom stereocenters. The molecule has 3 heterocycles. The van der Waals surface area contributed by atoms with Crippen LogP contribution in [0.2, 0.25) is 5.02 Å². The summed E-state index contributed by atoms with van der Waals surface area (Å²) in [6.45, 7) is 5.51. The molecular weight excluding hydrogens is 575 g/mol. The van der Waals surface area contributed by atoms with Gasteiger partial charge in [-0.25, -0.2) is 4.79 Å². The number of ether oxygens (including phenoxy) is 1. The van der Waals surface area contributed by atoms with Crippen LogP contribution in [0, 0.1) is 0 Å². The minimum Gasteiger partial charge on any atom is -0.475 e. The highest BCUT2D eigenvalue weighted by Crippen LogP contribution is 2.35. The Morgan fingerprint density at radius 2 is 1.93 bits per heavy atom. The summed E-state index contributed by atoms with van der Waals surface area (Å²) in [5.41, 5.74) is 4.32. The van der Waals surface area contributed by atoms with E-state index in [1.165, 1.54) is 18.3 Å². The number of morpholine rings is 1. The number of hydrogen-bond donors (Lipinski definition) is 4. The first-order chi connectivity index (χ1) is 19.0. The molecule has 0 spiro atoms. The maximum Gasteiger partial charge on any atom is 0.490 e. The van der Waals surface area contributed by atoms with Gasteiger partial charge in [0.2, 0.25) is 11.0 Å². The van der Waals surface area contributed by atoms with Gasteiger partial charge in [0.15, 0.2) is 0 Å². The number of fused-ring (bicyclic) bond motifs is 1. The number of halogens is 4. The van der Waals surface area contributed by atoms with Crippen LogP contribution in [0.3, 0.4) is 0 Å². The largest absolute Gasteiger partial charge is 0.490 e. The molecule has 11 nitrogen and oxygen atoms in total. The summed E-state index contributed by atoms with van der Waals surface area (Å²) in [6.07, 6.45) is -3.39. The normalized spacial score (nSPS) is 13.9. The van der Waals surface area contributed by atoms with E-state index < -0.39 is 12.1 Å². The second-order valence-electron chi connectivity index (χ2n) is 8.59. The van der Waals surface area contributed by atoms with Crippen molar-refractivity contribution in [2.24, 2.45) is 0 Å². The predicted octanol–water partition coefficient (Wildman–Crippen LogP) is 4.90. The predicted molar refractivity (Wildman–Crippen MR) is 144 cm³/mol. The third kappa shape index (κ3) is 7.65. The summed E-state index contributed by atoms with van der Waals surface area (Å²) in [4.78, 5) is 22.9. The van der Waals surface area contributed by atoms with Gasteiger partial charge in [-0.15, -0.1) is 10.2 Å². The third-order valence-electron chi connectivity index (χ3n) is 5.54. The van der Waals surface area contributed by atoms with E-state index in [0.29, 0.717) is 10.2 Å². The molecule has 0 saturated carbocycles. The monoisotopic (exact) mass is 597 g/mol. The van der Waals surface area contributed by atoms with Crippen LogP contribution in [0.4, 0.5) is 29.7 Å². The van der Waals surface area contributed by atoms with E-state index in [1.54, 1.807) is 6.20 Å². The molecular formula is C24H23ClF3N7O4S. The summed E-state index contributed by atoms with van der Waals surface area (Å²) in [6, 6.07) is 9.80. The van der Waals surface area contributed by atoms with Crippen molar-refractivity contribution in [2.75, 3.05) is 36.9 Å². The minimum atomic E-state index is -5.08. The zero-order chi connectivity index (χ0) is 28.9. The summed E-state index contributed by atoms with van der Waals surface area (Å²) in [5.74, 6) is -2.87. The van der Waals surface area contributed by atoms with Gasteiger partial charge >= 0.3 is 12.1 Å². The Kier molecular flexibility index (Phi) is 9.19. The summed E-state index contributed by atoms with van der Waals surface area (Å²) in [5, 5.41) is 31.6. The highest BCUT2D eigenvalue weighted by molar-refractivity contribution is 7.18. The molecule has 0 radical (unpaired) electrons. The van der Waals surface area contributed by atoms with Crippen LogP contribution in [0.1, 0.15) is 12.5 Å². The number of carbonyl (C=O) groups is 2. The van der Waals surface area contributed by atoms with E-state index in [-0.39, 0.29) is 5.91 Å². The smallest absolute Gasteiger partial charge is 0.475 e. The van der Waals surface area contributed by atoms with E-state index in [4.69, 9.17) is 26.2 Å². The Morgan fingerprint density at radius 3 is 2.60 bits per heavy atom. The van der Waals surface area contributed by atoms with Crippen molar-refractivity contribution in [1.82, 2.24) is 25.3 Å². The fourth-order valence-corrected chi connectivity index (χ4v) is 4.79. The maximum absolute atomic E-state index is 11.7. The average molecular weight is 598 g/mol. The Bertz CT molecular complexity index is 1510. The average Bonchev–Trinajstić information content (AvgIpc) is 3.56. The first-order valence-electron chi connectivity index (χ1n) is 11.7. The zero-order valence-electron chi connectivity index (χ0n) is 20.9. The number of aromatic nitrogens is 4. The molecule has 2 aromatic carbocycles. The quantitative estimate of drug-likeness (QED) is 0.244. The first kappa shape index (κ1) is 29.2. The molecule has 1 aliphatic rings. The van der Waals surface area contributed by atoms with E-state index in [9.17, 15) is 18.0 Å². The molecule has 0 aliphatic carbocycles. The molecule has 1 aliphatic heterocycles. The summed E-state index contributed by atoms with van der Waals surface area (Å²) in [7, 11) is 0. The van der Waals surface area contributed by atoms with Gasteiger partial charge in [0.05, 0.1) is 35.6 Å². The zero-order valence-corrected chi connectivity index (χ0v) is 22.5. The van der Waals surface area contributed by atoms with Crippen LogP contribution < -0.4 is 10.6 Å². The number of aromatic amines is 1. The molecule has 4 aromatic rings. The Balaban J connectivity index is 0.000000470. The van der Waals surface area contributed by atoms with E-state index in [1.807, 2.05) is 24.3 Å². The number of carboxylic acid groups (broad SMARTS) is 1. The lowest BCUT2D eigenvalue weighted by atomic mass is 10.1. The first-order valence-corrected chi connectivity index (χ1v) is 12.9. The fraction of sp³-hybridized carbons (Fsp3) is 0.292. The molecule has 212 valence electrons. The summed E-state index contributed by atoms with van der Waals surface area (Å²) < 4.78 is 37.2. The highest BCUT2D eigenvalue weighted by Gasteiger charge is 2.38. The number of aliphatic carboxylic acids is 1. The standard InChI is InChI=1S/C22H22ClN7O2S.C2HF3O2/c1-13(31)25-16-9-14(12-30-4-6-32-7-5-30)8-15(10-16)21-28-29-22(33-21)26-19-3-2-18-17(20(19)23)11-24-27-18;3-2(4,5)1(6)7/h2-3,8-11H,4-7,12H2,1H3,(H,24,27)(H,25,31)(H,26,29);(H,6,7). The lowest BCUT2D eigenvalue weighted by Gasteiger charge is -2.26. The number of rotatable bonds is 6. The topological polar surface area (TPSA) is 145 Å². The molecule has 2 aromatic heterocycles. The van der Waals surface area contributed by atoms with Gasteiger partial charge in [0.25, 0.3) is 0 Å². The van der Waals surface area contributed by atoms with E-state index in [2.05, 4.69) is 42.0 Å². The molecule has 1 saturated heterocycles. The van der Waals surface area contributed by atoms with Gasteiger partial charge in [0.1, 0.15) is 5.01 Å². The van der Waals surface area contributed by atoms with Crippen LogP contribution in [0.25, 0.3) is 21.5 Å². The second-order valence-corrected chi connectivity index (χ2v) is 9.94. The van der Waals surface area contributed by atoms with Crippen molar-refractivity contribution >= 4 is 62.2 Å². The number of benzene rings is 2. The maximum atomic E-state index is 11.7. The Labute approximate surface area is 234 Å². The number of amides is 1. The minimum absolute atomic E-state index is 0.117. The molecule has 0 bridgehead atoms. The van der Waals surface area contributed by atoms with Crippen molar-refractivity contribution in [3.8, 4) is 10.6 Å². The summed E-state index contributed by atoms with van der Waals surface area (Å²) >= 11 is 7.94. The van der Waals surface area contributed by atoms with Gasteiger partial charge in [-0.05, 0) is 35.9 Å². The van der Waals surface area contributed by atoms with Crippen LogP contribution in [0.15, 0.2) is 36.5 Å². The van der Waals surface area contributed by atoms with Crippen molar-refractivity contribution in [1.29, 1.82) is 0 Å².